The van der Waals surface area contributed by atoms with Gasteiger partial charge in [0, 0.05) is 24.7 Å². The van der Waals surface area contributed by atoms with Crippen LogP contribution in [0, 0.1) is 5.92 Å². The zero-order valence-electron chi connectivity index (χ0n) is 13.6. The molecule has 2 N–H and O–H groups in total. The van der Waals surface area contributed by atoms with E-state index in [1.165, 1.54) is 18.4 Å². The molecule has 5 heteroatoms. The predicted octanol–water partition coefficient (Wildman–Crippen LogP) is 2.42. The first-order chi connectivity index (χ1) is 11.2. The third-order valence-corrected chi connectivity index (χ3v) is 5.27. The van der Waals surface area contributed by atoms with Crippen LogP contribution in [0.4, 0.5) is 0 Å². The van der Waals surface area contributed by atoms with Gasteiger partial charge in [-0.15, -0.1) is 0 Å². The van der Waals surface area contributed by atoms with E-state index < -0.39 is 0 Å². The van der Waals surface area contributed by atoms with Crippen molar-refractivity contribution in [3.05, 3.63) is 34.9 Å². The Labute approximate surface area is 143 Å². The van der Waals surface area contributed by atoms with E-state index in [9.17, 15) is 4.79 Å². The molecule has 1 aromatic carbocycles. The van der Waals surface area contributed by atoms with Gasteiger partial charge in [-0.2, -0.15) is 0 Å². The molecule has 1 amide bonds. The van der Waals surface area contributed by atoms with Crippen LogP contribution in [0.15, 0.2) is 24.3 Å². The van der Waals surface area contributed by atoms with Gasteiger partial charge in [-0.1, -0.05) is 29.8 Å². The molecule has 2 heterocycles. The van der Waals surface area contributed by atoms with Crippen LogP contribution in [0.5, 0.6) is 0 Å². The molecule has 2 aliphatic heterocycles. The zero-order chi connectivity index (χ0) is 16.1. The van der Waals surface area contributed by atoms with Crippen LogP contribution in [0.2, 0.25) is 5.02 Å². The third kappa shape index (κ3) is 4.69. The molecule has 2 fully saturated rings. The smallest absolute Gasteiger partial charge is 0.237 e. The number of nitrogens with zero attached hydrogens (tertiary/aromatic N) is 1. The summed E-state index contributed by atoms with van der Waals surface area (Å²) in [6.45, 7) is 4.79. The summed E-state index contributed by atoms with van der Waals surface area (Å²) in [5.74, 6) is 0.710. The molecule has 0 bridgehead atoms. The zero-order valence-corrected chi connectivity index (χ0v) is 14.3. The molecule has 2 unspecified atom stereocenters. The first kappa shape index (κ1) is 16.7. The molecule has 0 spiro atoms. The Hall–Kier alpha value is -1.10. The van der Waals surface area contributed by atoms with E-state index in [-0.39, 0.29) is 11.9 Å². The summed E-state index contributed by atoms with van der Waals surface area (Å²) < 4.78 is 0. The maximum absolute atomic E-state index is 12.1. The van der Waals surface area contributed by atoms with Gasteiger partial charge in [0.15, 0.2) is 0 Å². The number of piperidine rings is 1. The van der Waals surface area contributed by atoms with Crippen molar-refractivity contribution in [3.8, 4) is 0 Å². The Balaban J connectivity index is 1.46. The summed E-state index contributed by atoms with van der Waals surface area (Å²) in [4.78, 5) is 14.6. The highest BCUT2D eigenvalue weighted by molar-refractivity contribution is 6.31. The van der Waals surface area contributed by atoms with Crippen molar-refractivity contribution >= 4 is 17.5 Å². The molecule has 2 atom stereocenters. The number of amides is 1. The van der Waals surface area contributed by atoms with Crippen LogP contribution < -0.4 is 10.6 Å². The van der Waals surface area contributed by atoms with Gasteiger partial charge < -0.3 is 10.6 Å². The van der Waals surface area contributed by atoms with Crippen molar-refractivity contribution < 1.29 is 4.79 Å². The molecule has 2 saturated heterocycles. The van der Waals surface area contributed by atoms with Gasteiger partial charge in [-0.25, -0.2) is 0 Å². The average molecular weight is 336 g/mol. The second-order valence-corrected chi connectivity index (χ2v) is 7.14. The van der Waals surface area contributed by atoms with Gasteiger partial charge in [0.2, 0.25) is 5.91 Å². The van der Waals surface area contributed by atoms with E-state index in [1.807, 2.05) is 18.2 Å². The molecular weight excluding hydrogens is 310 g/mol. The minimum absolute atomic E-state index is 0.0258. The standard InChI is InChI=1S/C18H26ClN3O/c19-16-7-2-1-6-15(16)13-22-10-4-5-14(12-22)11-21-18(23)17-8-3-9-20-17/h1-2,6-7,14,17,20H,3-5,8-13H2,(H,21,23). The number of hydrogen-bond donors (Lipinski definition) is 2. The van der Waals surface area contributed by atoms with Crippen LogP contribution >= 0.6 is 11.6 Å². The van der Waals surface area contributed by atoms with Crippen LogP contribution in [0.3, 0.4) is 0 Å². The molecule has 0 saturated carbocycles. The van der Waals surface area contributed by atoms with E-state index in [0.717, 1.165) is 50.6 Å². The van der Waals surface area contributed by atoms with E-state index in [0.29, 0.717) is 5.92 Å². The normalized spacial score (nSPS) is 25.4. The van der Waals surface area contributed by atoms with Crippen molar-refractivity contribution in [2.45, 2.75) is 38.3 Å². The van der Waals surface area contributed by atoms with Gasteiger partial charge in [-0.05, 0) is 56.3 Å². The molecule has 3 rings (SSSR count). The summed E-state index contributed by atoms with van der Waals surface area (Å²) in [6, 6.07) is 8.08. The monoisotopic (exact) mass is 335 g/mol. The fourth-order valence-corrected chi connectivity index (χ4v) is 3.80. The van der Waals surface area contributed by atoms with Crippen LogP contribution in [-0.4, -0.2) is 43.0 Å². The summed E-state index contributed by atoms with van der Waals surface area (Å²) in [6.07, 6.45) is 4.45. The first-order valence-corrected chi connectivity index (χ1v) is 9.07. The lowest BCUT2D eigenvalue weighted by Crippen LogP contribution is -2.45. The molecular formula is C18H26ClN3O. The van der Waals surface area contributed by atoms with Crippen molar-refractivity contribution in [1.82, 2.24) is 15.5 Å². The fourth-order valence-electron chi connectivity index (χ4n) is 3.61. The minimum Gasteiger partial charge on any atom is -0.354 e. The van der Waals surface area contributed by atoms with Crippen LogP contribution in [-0.2, 0) is 11.3 Å². The van der Waals surface area contributed by atoms with Crippen molar-refractivity contribution in [3.63, 3.8) is 0 Å². The number of carbonyl (C=O) groups excluding carboxylic acids is 1. The van der Waals surface area contributed by atoms with Gasteiger partial charge in [-0.3, -0.25) is 9.69 Å². The lowest BCUT2D eigenvalue weighted by molar-refractivity contribution is -0.123. The van der Waals surface area contributed by atoms with Crippen LogP contribution in [0.1, 0.15) is 31.2 Å². The van der Waals surface area contributed by atoms with E-state index in [2.05, 4.69) is 21.6 Å². The average Bonchev–Trinajstić information content (AvgIpc) is 3.10. The quantitative estimate of drug-likeness (QED) is 0.868. The lowest BCUT2D eigenvalue weighted by atomic mass is 9.97. The Kier molecular flexibility index (Phi) is 5.92. The molecule has 1 aromatic rings. The Morgan fingerprint density at radius 1 is 1.30 bits per heavy atom. The highest BCUT2D eigenvalue weighted by atomic mass is 35.5. The molecule has 126 valence electrons. The Morgan fingerprint density at radius 2 is 2.17 bits per heavy atom. The molecule has 4 nitrogen and oxygen atoms in total. The molecule has 23 heavy (non-hydrogen) atoms. The molecule has 2 aliphatic rings. The predicted molar refractivity (Wildman–Crippen MR) is 93.5 cm³/mol. The number of rotatable bonds is 5. The van der Waals surface area contributed by atoms with Gasteiger partial charge in [0.1, 0.15) is 0 Å². The topological polar surface area (TPSA) is 44.4 Å². The number of carbonyl (C=O) groups is 1. The van der Waals surface area contributed by atoms with Crippen molar-refractivity contribution in [1.29, 1.82) is 0 Å². The van der Waals surface area contributed by atoms with Gasteiger partial charge in [0.05, 0.1) is 6.04 Å². The van der Waals surface area contributed by atoms with Crippen molar-refractivity contribution in [2.24, 2.45) is 5.92 Å². The number of halogens is 1. The second-order valence-electron chi connectivity index (χ2n) is 6.73. The highest BCUT2D eigenvalue weighted by Crippen LogP contribution is 2.22. The maximum Gasteiger partial charge on any atom is 0.237 e. The van der Waals surface area contributed by atoms with E-state index in [4.69, 9.17) is 11.6 Å². The number of nitrogens with one attached hydrogen (secondary N) is 2. The number of benzene rings is 1. The second kappa shape index (κ2) is 8.13. The lowest BCUT2D eigenvalue weighted by Gasteiger charge is -2.33. The third-order valence-electron chi connectivity index (χ3n) is 4.90. The summed E-state index contributed by atoms with van der Waals surface area (Å²) >= 11 is 6.26. The summed E-state index contributed by atoms with van der Waals surface area (Å²) in [5.41, 5.74) is 1.19. The molecule has 0 aromatic heterocycles. The Bertz CT molecular complexity index is 531. The van der Waals surface area contributed by atoms with E-state index >= 15 is 0 Å². The summed E-state index contributed by atoms with van der Waals surface area (Å²) in [5, 5.41) is 7.23. The largest absolute Gasteiger partial charge is 0.354 e. The van der Waals surface area contributed by atoms with Gasteiger partial charge >= 0.3 is 0 Å². The van der Waals surface area contributed by atoms with Crippen molar-refractivity contribution in [2.75, 3.05) is 26.2 Å². The molecule has 0 aliphatic carbocycles. The fraction of sp³-hybridized carbons (Fsp3) is 0.611. The minimum atomic E-state index is 0.0258. The number of likely N-dealkylation sites (tertiary alicyclic amines) is 1. The van der Waals surface area contributed by atoms with E-state index in [1.54, 1.807) is 0 Å². The maximum atomic E-state index is 12.1. The molecule has 0 radical (unpaired) electrons. The van der Waals surface area contributed by atoms with Crippen LogP contribution in [0.25, 0.3) is 0 Å². The summed E-state index contributed by atoms with van der Waals surface area (Å²) in [7, 11) is 0. The SMILES string of the molecule is O=C(NCC1CCCN(Cc2ccccc2Cl)C1)C1CCCN1. The highest BCUT2D eigenvalue weighted by Gasteiger charge is 2.24. The first-order valence-electron chi connectivity index (χ1n) is 8.69. The van der Waals surface area contributed by atoms with Gasteiger partial charge in [0.25, 0.3) is 0 Å². The Morgan fingerprint density at radius 3 is 2.96 bits per heavy atom. The number of hydrogen-bond acceptors (Lipinski definition) is 3.